The summed E-state index contributed by atoms with van der Waals surface area (Å²) in [6.07, 6.45) is 4.33. The summed E-state index contributed by atoms with van der Waals surface area (Å²) in [7, 11) is 0. The lowest BCUT2D eigenvalue weighted by Gasteiger charge is -2.28. The van der Waals surface area contributed by atoms with E-state index in [0.29, 0.717) is 17.3 Å². The Hall–Kier alpha value is -1.26. The molecule has 1 amide bonds. The van der Waals surface area contributed by atoms with Crippen molar-refractivity contribution in [3.63, 3.8) is 0 Å². The molecule has 1 fully saturated rings. The molecule has 0 heterocycles. The molecule has 1 aromatic rings. The van der Waals surface area contributed by atoms with E-state index in [1.54, 1.807) is 29.2 Å². The van der Waals surface area contributed by atoms with Crippen molar-refractivity contribution in [3.8, 4) is 5.75 Å². The van der Waals surface area contributed by atoms with E-state index in [1.165, 1.54) is 0 Å². The summed E-state index contributed by atoms with van der Waals surface area (Å²) in [5.41, 5.74) is 0. The summed E-state index contributed by atoms with van der Waals surface area (Å²) in [5.74, 6) is 0.507. The van der Waals surface area contributed by atoms with Crippen LogP contribution in [0.5, 0.6) is 5.75 Å². The second kappa shape index (κ2) is 7.50. The summed E-state index contributed by atoms with van der Waals surface area (Å²) < 4.78 is 5.48. The Labute approximate surface area is 124 Å². The minimum atomic E-state index is -0.0778. The average molecular weight is 298 g/mol. The van der Waals surface area contributed by atoms with Gasteiger partial charge in [-0.3, -0.25) is 4.79 Å². The third kappa shape index (κ3) is 4.12. The monoisotopic (exact) mass is 297 g/mol. The quantitative estimate of drug-likeness (QED) is 0.877. The van der Waals surface area contributed by atoms with Gasteiger partial charge in [0.15, 0.2) is 6.61 Å². The van der Waals surface area contributed by atoms with E-state index in [9.17, 15) is 4.79 Å². The highest BCUT2D eigenvalue weighted by Gasteiger charge is 2.26. The van der Waals surface area contributed by atoms with Gasteiger partial charge in [-0.2, -0.15) is 0 Å². The van der Waals surface area contributed by atoms with E-state index in [-0.39, 0.29) is 25.2 Å². The van der Waals surface area contributed by atoms with Gasteiger partial charge in [0.2, 0.25) is 0 Å². The third-order valence-corrected chi connectivity index (χ3v) is 3.82. The molecule has 1 aliphatic carbocycles. The number of carbonyl (C=O) groups excluding carboxylic acids is 1. The molecule has 0 saturated heterocycles. The predicted molar refractivity (Wildman–Crippen MR) is 78.0 cm³/mol. The van der Waals surface area contributed by atoms with Crippen LogP contribution in [0.2, 0.25) is 5.02 Å². The molecule has 1 N–H and O–H groups in total. The van der Waals surface area contributed by atoms with Crippen LogP contribution in [0.1, 0.15) is 25.7 Å². The minimum absolute atomic E-state index is 0.0145. The fraction of sp³-hybridized carbons (Fsp3) is 0.533. The standard InChI is InChI=1S/C15H20ClNO3/c16-12-4-3-7-14(10-12)20-11-15(19)17(8-9-18)13-5-1-2-6-13/h3-4,7,10,13,18H,1-2,5-6,8-9,11H2. The van der Waals surface area contributed by atoms with E-state index >= 15 is 0 Å². The van der Waals surface area contributed by atoms with Gasteiger partial charge < -0.3 is 14.7 Å². The van der Waals surface area contributed by atoms with E-state index in [2.05, 4.69) is 0 Å². The molecule has 0 aromatic heterocycles. The largest absolute Gasteiger partial charge is 0.484 e. The molecule has 0 bridgehead atoms. The Balaban J connectivity index is 1.91. The molecule has 0 radical (unpaired) electrons. The maximum absolute atomic E-state index is 12.2. The minimum Gasteiger partial charge on any atom is -0.484 e. The maximum atomic E-state index is 12.2. The third-order valence-electron chi connectivity index (χ3n) is 3.59. The second-order valence-electron chi connectivity index (χ2n) is 5.00. The lowest BCUT2D eigenvalue weighted by atomic mass is 10.2. The van der Waals surface area contributed by atoms with Gasteiger partial charge in [0.25, 0.3) is 5.91 Å². The number of carbonyl (C=O) groups is 1. The molecule has 110 valence electrons. The number of hydrogen-bond acceptors (Lipinski definition) is 3. The van der Waals surface area contributed by atoms with Crippen molar-refractivity contribution in [1.29, 1.82) is 0 Å². The van der Waals surface area contributed by atoms with E-state index in [4.69, 9.17) is 21.4 Å². The van der Waals surface area contributed by atoms with Crippen LogP contribution in [0.4, 0.5) is 0 Å². The number of aliphatic hydroxyl groups excluding tert-OH is 1. The normalized spacial score (nSPS) is 15.3. The van der Waals surface area contributed by atoms with Gasteiger partial charge in [0.05, 0.1) is 6.61 Å². The fourth-order valence-corrected chi connectivity index (χ4v) is 2.80. The zero-order valence-electron chi connectivity index (χ0n) is 11.4. The zero-order chi connectivity index (χ0) is 14.4. The van der Waals surface area contributed by atoms with Crippen LogP contribution in [-0.4, -0.2) is 41.7 Å². The Morgan fingerprint density at radius 2 is 2.15 bits per heavy atom. The van der Waals surface area contributed by atoms with Gasteiger partial charge >= 0.3 is 0 Å². The summed E-state index contributed by atoms with van der Waals surface area (Å²) in [5, 5.41) is 9.70. The van der Waals surface area contributed by atoms with Crippen LogP contribution < -0.4 is 4.74 Å². The second-order valence-corrected chi connectivity index (χ2v) is 5.43. The molecule has 4 nitrogen and oxygen atoms in total. The Morgan fingerprint density at radius 1 is 1.40 bits per heavy atom. The van der Waals surface area contributed by atoms with Crippen LogP contribution in [0.3, 0.4) is 0 Å². The maximum Gasteiger partial charge on any atom is 0.260 e. The van der Waals surface area contributed by atoms with Gasteiger partial charge in [-0.05, 0) is 31.0 Å². The first kappa shape index (κ1) is 15.1. The van der Waals surface area contributed by atoms with Crippen molar-refractivity contribution in [2.45, 2.75) is 31.7 Å². The van der Waals surface area contributed by atoms with Crippen molar-refractivity contribution in [2.75, 3.05) is 19.8 Å². The van der Waals surface area contributed by atoms with Crippen molar-refractivity contribution in [3.05, 3.63) is 29.3 Å². The molecule has 5 heteroatoms. The van der Waals surface area contributed by atoms with E-state index < -0.39 is 0 Å². The SMILES string of the molecule is O=C(COc1cccc(Cl)c1)N(CCO)C1CCCC1. The molecular weight excluding hydrogens is 278 g/mol. The first-order valence-corrected chi connectivity index (χ1v) is 7.37. The summed E-state index contributed by atoms with van der Waals surface area (Å²) >= 11 is 5.87. The Kier molecular flexibility index (Phi) is 5.68. The lowest BCUT2D eigenvalue weighted by molar-refractivity contribution is -0.136. The molecular formula is C15H20ClNO3. The summed E-state index contributed by atoms with van der Waals surface area (Å²) in [4.78, 5) is 14.0. The number of aliphatic hydroxyl groups is 1. The number of benzene rings is 1. The molecule has 20 heavy (non-hydrogen) atoms. The highest BCUT2D eigenvalue weighted by molar-refractivity contribution is 6.30. The van der Waals surface area contributed by atoms with Gasteiger partial charge in [-0.15, -0.1) is 0 Å². The van der Waals surface area contributed by atoms with Crippen LogP contribution in [0, 0.1) is 0 Å². The Morgan fingerprint density at radius 3 is 2.80 bits per heavy atom. The van der Waals surface area contributed by atoms with Crippen molar-refractivity contribution < 1.29 is 14.6 Å². The predicted octanol–water partition coefficient (Wildman–Crippen LogP) is 2.48. The average Bonchev–Trinajstić information content (AvgIpc) is 2.96. The van der Waals surface area contributed by atoms with Gasteiger partial charge in [0, 0.05) is 17.6 Å². The van der Waals surface area contributed by atoms with E-state index in [0.717, 1.165) is 25.7 Å². The van der Waals surface area contributed by atoms with Gasteiger partial charge in [-0.25, -0.2) is 0 Å². The molecule has 0 unspecified atom stereocenters. The first-order chi connectivity index (χ1) is 9.70. The molecule has 0 aliphatic heterocycles. The Bertz CT molecular complexity index is 446. The number of rotatable bonds is 6. The molecule has 1 saturated carbocycles. The number of halogens is 1. The van der Waals surface area contributed by atoms with Crippen LogP contribution in [0.15, 0.2) is 24.3 Å². The topological polar surface area (TPSA) is 49.8 Å². The van der Waals surface area contributed by atoms with Crippen molar-refractivity contribution in [2.24, 2.45) is 0 Å². The van der Waals surface area contributed by atoms with Crippen LogP contribution in [0.25, 0.3) is 0 Å². The molecule has 1 aromatic carbocycles. The number of nitrogens with zero attached hydrogens (tertiary/aromatic N) is 1. The molecule has 2 rings (SSSR count). The zero-order valence-corrected chi connectivity index (χ0v) is 12.2. The number of hydrogen-bond donors (Lipinski definition) is 1. The summed E-state index contributed by atoms with van der Waals surface area (Å²) in [6, 6.07) is 7.24. The smallest absolute Gasteiger partial charge is 0.260 e. The number of ether oxygens (including phenoxy) is 1. The van der Waals surface area contributed by atoms with Crippen molar-refractivity contribution >= 4 is 17.5 Å². The lowest BCUT2D eigenvalue weighted by Crippen LogP contribution is -2.43. The summed E-state index contributed by atoms with van der Waals surface area (Å²) in [6.45, 7) is 0.346. The van der Waals surface area contributed by atoms with Gasteiger partial charge in [-0.1, -0.05) is 30.5 Å². The van der Waals surface area contributed by atoms with Gasteiger partial charge in [0.1, 0.15) is 5.75 Å². The molecule has 0 spiro atoms. The number of amides is 1. The first-order valence-electron chi connectivity index (χ1n) is 6.99. The van der Waals surface area contributed by atoms with E-state index in [1.807, 2.05) is 0 Å². The fourth-order valence-electron chi connectivity index (χ4n) is 2.62. The van der Waals surface area contributed by atoms with Crippen LogP contribution in [-0.2, 0) is 4.79 Å². The molecule has 1 aliphatic rings. The highest BCUT2D eigenvalue weighted by Crippen LogP contribution is 2.23. The van der Waals surface area contributed by atoms with Crippen LogP contribution >= 0.6 is 11.6 Å². The van der Waals surface area contributed by atoms with Crippen molar-refractivity contribution in [1.82, 2.24) is 4.90 Å². The molecule has 0 atom stereocenters. The highest BCUT2D eigenvalue weighted by atomic mass is 35.5.